The van der Waals surface area contributed by atoms with E-state index in [9.17, 15) is 4.79 Å². The number of nitrogens with one attached hydrogen (secondary N) is 1. The fourth-order valence-electron chi connectivity index (χ4n) is 2.94. The van der Waals surface area contributed by atoms with Crippen molar-refractivity contribution in [2.24, 2.45) is 5.92 Å². The normalized spacial score (nSPS) is 21.5. The summed E-state index contributed by atoms with van der Waals surface area (Å²) in [6.45, 7) is 14.1. The lowest BCUT2D eigenvalue weighted by molar-refractivity contribution is 0.0146. The molecule has 4 heteroatoms. The Hall–Kier alpha value is -0.770. The molecule has 0 aromatic heterocycles. The average Bonchev–Trinajstić information content (AvgIpc) is 2.42. The number of carbonyl (C=O) groups is 1. The molecule has 0 aliphatic carbocycles. The number of rotatable bonds is 5. The summed E-state index contributed by atoms with van der Waals surface area (Å²) in [5.74, 6) is 0.520. The molecule has 0 saturated carbocycles. The molecule has 0 spiro atoms. The van der Waals surface area contributed by atoms with Crippen LogP contribution in [0.25, 0.3) is 0 Å². The molecule has 0 aromatic carbocycles. The summed E-state index contributed by atoms with van der Waals surface area (Å²) in [5, 5.41) is 3.71. The molecule has 124 valence electrons. The SMILES string of the molecule is CCC(CC)NC(C)C1CCCN(C(=O)OC(C)(C)C)C1. The van der Waals surface area contributed by atoms with Crippen LogP contribution in [0.15, 0.2) is 0 Å². The van der Waals surface area contributed by atoms with E-state index in [-0.39, 0.29) is 6.09 Å². The van der Waals surface area contributed by atoms with Gasteiger partial charge in [0.25, 0.3) is 0 Å². The predicted octanol–water partition coefficient (Wildman–Crippen LogP) is 3.80. The summed E-state index contributed by atoms with van der Waals surface area (Å²) in [7, 11) is 0. The molecule has 2 atom stereocenters. The van der Waals surface area contributed by atoms with E-state index >= 15 is 0 Å². The summed E-state index contributed by atoms with van der Waals surface area (Å²) in [4.78, 5) is 14.1. The standard InChI is InChI=1S/C17H34N2O2/c1-7-15(8-2)18-13(3)14-10-9-11-19(12-14)16(20)21-17(4,5)6/h13-15,18H,7-12H2,1-6H3. The summed E-state index contributed by atoms with van der Waals surface area (Å²) in [5.41, 5.74) is -0.413. The molecule has 1 aliphatic rings. The van der Waals surface area contributed by atoms with Crippen molar-refractivity contribution in [2.75, 3.05) is 13.1 Å². The minimum Gasteiger partial charge on any atom is -0.444 e. The van der Waals surface area contributed by atoms with Crippen molar-refractivity contribution in [3.63, 3.8) is 0 Å². The van der Waals surface area contributed by atoms with Crippen molar-refractivity contribution >= 4 is 6.09 Å². The first-order valence-electron chi connectivity index (χ1n) is 8.50. The van der Waals surface area contributed by atoms with Crippen molar-refractivity contribution in [1.82, 2.24) is 10.2 Å². The first kappa shape index (κ1) is 18.3. The van der Waals surface area contributed by atoms with Gasteiger partial charge >= 0.3 is 6.09 Å². The number of hydrogen-bond acceptors (Lipinski definition) is 3. The van der Waals surface area contributed by atoms with Gasteiger partial charge in [0.1, 0.15) is 5.60 Å². The smallest absolute Gasteiger partial charge is 0.410 e. The van der Waals surface area contributed by atoms with Gasteiger partial charge in [0, 0.05) is 25.2 Å². The number of likely N-dealkylation sites (tertiary alicyclic amines) is 1. The molecule has 0 radical (unpaired) electrons. The second kappa shape index (κ2) is 8.02. The zero-order chi connectivity index (χ0) is 16.0. The average molecular weight is 298 g/mol. The van der Waals surface area contributed by atoms with Gasteiger partial charge in [-0.25, -0.2) is 4.79 Å². The number of hydrogen-bond donors (Lipinski definition) is 1. The zero-order valence-corrected chi connectivity index (χ0v) is 14.7. The lowest BCUT2D eigenvalue weighted by Crippen LogP contribution is -2.49. The van der Waals surface area contributed by atoms with Crippen LogP contribution in [-0.4, -0.2) is 41.8 Å². The van der Waals surface area contributed by atoms with E-state index in [0.29, 0.717) is 18.0 Å². The molecule has 1 rings (SSSR count). The summed E-state index contributed by atoms with van der Waals surface area (Å²) in [6.07, 6.45) is 4.40. The number of piperidine rings is 1. The maximum Gasteiger partial charge on any atom is 0.410 e. The summed E-state index contributed by atoms with van der Waals surface area (Å²) in [6, 6.07) is 1.03. The van der Waals surface area contributed by atoms with Crippen molar-refractivity contribution in [2.45, 2.75) is 84.9 Å². The first-order chi connectivity index (χ1) is 9.76. The lowest BCUT2D eigenvalue weighted by atomic mass is 9.91. The van der Waals surface area contributed by atoms with Gasteiger partial charge < -0.3 is 15.0 Å². The minimum atomic E-state index is -0.413. The highest BCUT2D eigenvalue weighted by Gasteiger charge is 2.30. The molecule has 0 bridgehead atoms. The van der Waals surface area contributed by atoms with E-state index in [0.717, 1.165) is 32.4 Å². The third-order valence-corrected chi connectivity index (χ3v) is 4.30. The molecule has 1 heterocycles. The van der Waals surface area contributed by atoms with Crippen molar-refractivity contribution < 1.29 is 9.53 Å². The van der Waals surface area contributed by atoms with Crippen molar-refractivity contribution in [3.8, 4) is 0 Å². The quantitative estimate of drug-likeness (QED) is 0.839. The Labute approximate surface area is 130 Å². The monoisotopic (exact) mass is 298 g/mol. The van der Waals surface area contributed by atoms with E-state index in [1.54, 1.807) is 0 Å². The van der Waals surface area contributed by atoms with Crippen LogP contribution in [0.5, 0.6) is 0 Å². The Morgan fingerprint density at radius 1 is 1.33 bits per heavy atom. The minimum absolute atomic E-state index is 0.165. The number of nitrogens with zero attached hydrogens (tertiary/aromatic N) is 1. The van der Waals surface area contributed by atoms with Gasteiger partial charge in [0.2, 0.25) is 0 Å². The van der Waals surface area contributed by atoms with Crippen molar-refractivity contribution in [3.05, 3.63) is 0 Å². The fourth-order valence-corrected chi connectivity index (χ4v) is 2.94. The second-order valence-electron chi connectivity index (χ2n) is 7.30. The van der Waals surface area contributed by atoms with E-state index in [1.807, 2.05) is 25.7 Å². The highest BCUT2D eigenvalue weighted by molar-refractivity contribution is 5.68. The summed E-state index contributed by atoms with van der Waals surface area (Å²) < 4.78 is 5.50. The Bertz CT molecular complexity index is 321. The molecule has 1 N–H and O–H groups in total. The maximum atomic E-state index is 12.2. The molecular formula is C17H34N2O2. The zero-order valence-electron chi connectivity index (χ0n) is 14.7. The predicted molar refractivity (Wildman–Crippen MR) is 87.5 cm³/mol. The van der Waals surface area contributed by atoms with Gasteiger partial charge in [-0.05, 0) is 59.3 Å². The van der Waals surface area contributed by atoms with Crippen LogP contribution in [-0.2, 0) is 4.74 Å². The van der Waals surface area contributed by atoms with Gasteiger partial charge in [-0.1, -0.05) is 13.8 Å². The second-order valence-corrected chi connectivity index (χ2v) is 7.30. The molecule has 4 nitrogen and oxygen atoms in total. The maximum absolute atomic E-state index is 12.2. The van der Waals surface area contributed by atoms with Gasteiger partial charge in [0.15, 0.2) is 0 Å². The van der Waals surface area contributed by atoms with Crippen LogP contribution < -0.4 is 5.32 Å². The van der Waals surface area contributed by atoms with Crippen molar-refractivity contribution in [1.29, 1.82) is 0 Å². The Morgan fingerprint density at radius 2 is 1.95 bits per heavy atom. The lowest BCUT2D eigenvalue weighted by Gasteiger charge is -2.37. The van der Waals surface area contributed by atoms with Crippen LogP contribution in [0.2, 0.25) is 0 Å². The van der Waals surface area contributed by atoms with E-state index in [4.69, 9.17) is 4.74 Å². The van der Waals surface area contributed by atoms with E-state index in [1.165, 1.54) is 6.42 Å². The molecule has 1 saturated heterocycles. The third kappa shape index (κ3) is 6.25. The molecule has 1 aliphatic heterocycles. The van der Waals surface area contributed by atoms with Crippen LogP contribution in [0.1, 0.15) is 67.2 Å². The number of carbonyl (C=O) groups excluding carboxylic acids is 1. The van der Waals surface area contributed by atoms with Gasteiger partial charge in [-0.15, -0.1) is 0 Å². The molecular weight excluding hydrogens is 264 g/mol. The van der Waals surface area contributed by atoms with E-state index in [2.05, 4.69) is 26.1 Å². The number of amides is 1. The molecule has 1 amide bonds. The molecule has 2 unspecified atom stereocenters. The van der Waals surface area contributed by atoms with Gasteiger partial charge in [-0.3, -0.25) is 0 Å². The van der Waals surface area contributed by atoms with E-state index < -0.39 is 5.60 Å². The first-order valence-corrected chi connectivity index (χ1v) is 8.50. The highest BCUT2D eigenvalue weighted by Crippen LogP contribution is 2.22. The largest absolute Gasteiger partial charge is 0.444 e. The van der Waals surface area contributed by atoms with Crippen LogP contribution in [0, 0.1) is 5.92 Å². The highest BCUT2D eigenvalue weighted by atomic mass is 16.6. The van der Waals surface area contributed by atoms with Crippen LogP contribution >= 0.6 is 0 Å². The Balaban J connectivity index is 2.53. The topological polar surface area (TPSA) is 41.6 Å². The van der Waals surface area contributed by atoms with Gasteiger partial charge in [-0.2, -0.15) is 0 Å². The van der Waals surface area contributed by atoms with Gasteiger partial charge in [0.05, 0.1) is 0 Å². The third-order valence-electron chi connectivity index (χ3n) is 4.30. The molecule has 1 fully saturated rings. The number of ether oxygens (including phenoxy) is 1. The Kier molecular flexibility index (Phi) is 6.98. The fraction of sp³-hybridized carbons (Fsp3) is 0.941. The molecule has 21 heavy (non-hydrogen) atoms. The Morgan fingerprint density at radius 3 is 2.48 bits per heavy atom. The summed E-state index contributed by atoms with van der Waals surface area (Å²) >= 11 is 0. The van der Waals surface area contributed by atoms with Crippen LogP contribution in [0.4, 0.5) is 4.79 Å². The van der Waals surface area contributed by atoms with Crippen LogP contribution in [0.3, 0.4) is 0 Å². The molecule has 0 aromatic rings.